The van der Waals surface area contributed by atoms with Crippen LogP contribution in [0.2, 0.25) is 0 Å². The van der Waals surface area contributed by atoms with Gasteiger partial charge in [-0.1, -0.05) is 6.07 Å². The molecule has 13 heavy (non-hydrogen) atoms. The Hall–Kier alpha value is -0.540. The molecule has 0 spiro atoms. The van der Waals surface area contributed by atoms with E-state index in [-0.39, 0.29) is 17.8 Å². The van der Waals surface area contributed by atoms with E-state index in [0.717, 1.165) is 0 Å². The van der Waals surface area contributed by atoms with E-state index in [9.17, 15) is 4.79 Å². The second kappa shape index (κ2) is 4.63. The molecule has 1 atom stereocenters. The Morgan fingerprint density at radius 1 is 1.77 bits per heavy atom. The van der Waals surface area contributed by atoms with Gasteiger partial charge in [0, 0.05) is 11.9 Å². The molecule has 0 aliphatic carbocycles. The zero-order valence-electron chi connectivity index (χ0n) is 7.66. The highest BCUT2D eigenvalue weighted by Gasteiger charge is 2.16. The smallest absolute Gasteiger partial charge is 0.237 e. The Labute approximate surface area is 87.1 Å². The van der Waals surface area contributed by atoms with Gasteiger partial charge in [0.05, 0.1) is 6.04 Å². The molecule has 0 aromatic carbocycles. The summed E-state index contributed by atoms with van der Waals surface area (Å²) in [5.41, 5.74) is 0. The van der Waals surface area contributed by atoms with Gasteiger partial charge in [-0.3, -0.25) is 4.79 Å². The molecule has 0 aliphatic rings. The average molecular weight is 218 g/mol. The van der Waals surface area contributed by atoms with Crippen molar-refractivity contribution in [3.8, 4) is 0 Å². The zero-order chi connectivity index (χ0) is 9.84. The van der Waals surface area contributed by atoms with Crippen LogP contribution in [0, 0.1) is 0 Å². The predicted molar refractivity (Wildman–Crippen MR) is 56.2 cm³/mol. The number of hydrogen-bond acceptors (Lipinski definition) is 2. The molecule has 0 N–H and O–H groups in total. The van der Waals surface area contributed by atoms with E-state index in [4.69, 9.17) is 11.6 Å². The van der Waals surface area contributed by atoms with Gasteiger partial charge in [0.15, 0.2) is 0 Å². The van der Waals surface area contributed by atoms with Crippen molar-refractivity contribution in [3.63, 3.8) is 0 Å². The number of nitrogens with zero attached hydrogens (tertiary/aromatic N) is 1. The topological polar surface area (TPSA) is 20.3 Å². The first-order valence-corrected chi connectivity index (χ1v) is 5.43. The fourth-order valence-corrected chi connectivity index (χ4v) is 2.05. The van der Waals surface area contributed by atoms with Gasteiger partial charge in [-0.25, -0.2) is 0 Å². The maximum atomic E-state index is 11.2. The summed E-state index contributed by atoms with van der Waals surface area (Å²) in [6.07, 6.45) is 0. The van der Waals surface area contributed by atoms with Crippen molar-refractivity contribution in [2.75, 3.05) is 12.9 Å². The summed E-state index contributed by atoms with van der Waals surface area (Å²) in [6.45, 7) is 2.00. The quantitative estimate of drug-likeness (QED) is 0.713. The minimum atomic E-state index is -0.0393. The fourth-order valence-electron chi connectivity index (χ4n) is 1.03. The molecule has 0 radical (unpaired) electrons. The van der Waals surface area contributed by atoms with Gasteiger partial charge in [0.25, 0.3) is 0 Å². The number of halogens is 1. The summed E-state index contributed by atoms with van der Waals surface area (Å²) in [7, 11) is 1.77. The molecule has 4 heteroatoms. The van der Waals surface area contributed by atoms with Crippen molar-refractivity contribution in [3.05, 3.63) is 22.4 Å². The largest absolute Gasteiger partial charge is 0.337 e. The van der Waals surface area contributed by atoms with E-state index >= 15 is 0 Å². The number of thiophene rings is 1. The number of carbonyl (C=O) groups excluding carboxylic acids is 1. The zero-order valence-corrected chi connectivity index (χ0v) is 9.23. The molecule has 1 heterocycles. The highest BCUT2D eigenvalue weighted by atomic mass is 35.5. The molecule has 0 fully saturated rings. The molecule has 1 amide bonds. The van der Waals surface area contributed by atoms with Crippen molar-refractivity contribution in [2.24, 2.45) is 0 Å². The van der Waals surface area contributed by atoms with E-state index in [2.05, 4.69) is 0 Å². The Morgan fingerprint density at radius 3 is 2.92 bits per heavy atom. The third kappa shape index (κ3) is 2.45. The van der Waals surface area contributed by atoms with Crippen LogP contribution in [0.4, 0.5) is 0 Å². The first kappa shape index (κ1) is 10.5. The van der Waals surface area contributed by atoms with Crippen molar-refractivity contribution >= 4 is 28.8 Å². The first-order chi connectivity index (χ1) is 6.16. The number of rotatable bonds is 3. The molecule has 0 aliphatic heterocycles. The van der Waals surface area contributed by atoms with Gasteiger partial charge in [-0.15, -0.1) is 22.9 Å². The van der Waals surface area contributed by atoms with E-state index in [1.165, 1.54) is 4.88 Å². The lowest BCUT2D eigenvalue weighted by Gasteiger charge is -2.22. The second-order valence-corrected chi connectivity index (χ2v) is 4.08. The summed E-state index contributed by atoms with van der Waals surface area (Å²) in [4.78, 5) is 14.1. The Bertz CT molecular complexity index is 273. The molecule has 1 aromatic rings. The Kier molecular flexibility index (Phi) is 3.75. The van der Waals surface area contributed by atoms with Crippen LogP contribution < -0.4 is 0 Å². The normalized spacial score (nSPS) is 12.5. The van der Waals surface area contributed by atoms with Crippen LogP contribution >= 0.6 is 22.9 Å². The van der Waals surface area contributed by atoms with Crippen molar-refractivity contribution in [1.29, 1.82) is 0 Å². The number of carbonyl (C=O) groups is 1. The number of amides is 1. The standard InChI is InChI=1S/C9H12ClNOS/c1-7(8-4-3-5-13-8)11(2)9(12)6-10/h3-5,7H,6H2,1-2H3. The maximum Gasteiger partial charge on any atom is 0.237 e. The Morgan fingerprint density at radius 2 is 2.46 bits per heavy atom. The van der Waals surface area contributed by atoms with Gasteiger partial charge in [0.1, 0.15) is 5.88 Å². The van der Waals surface area contributed by atoms with Gasteiger partial charge < -0.3 is 4.90 Å². The molecular formula is C9H12ClNOS. The summed E-state index contributed by atoms with van der Waals surface area (Å²) in [5.74, 6) is 0.00854. The lowest BCUT2D eigenvalue weighted by atomic mass is 10.2. The monoisotopic (exact) mass is 217 g/mol. The SMILES string of the molecule is CC(c1cccs1)N(C)C(=O)CCl. The van der Waals surface area contributed by atoms with Crippen LogP contribution in [-0.4, -0.2) is 23.7 Å². The minimum Gasteiger partial charge on any atom is -0.337 e. The molecule has 2 nitrogen and oxygen atoms in total. The van der Waals surface area contributed by atoms with Gasteiger partial charge in [-0.05, 0) is 18.4 Å². The van der Waals surface area contributed by atoms with Crippen LogP contribution in [-0.2, 0) is 4.79 Å². The van der Waals surface area contributed by atoms with Gasteiger partial charge in [0.2, 0.25) is 5.91 Å². The highest BCUT2D eigenvalue weighted by Crippen LogP contribution is 2.23. The molecule has 1 unspecified atom stereocenters. The fraction of sp³-hybridized carbons (Fsp3) is 0.444. The Balaban J connectivity index is 2.68. The third-order valence-electron chi connectivity index (χ3n) is 2.04. The van der Waals surface area contributed by atoms with Crippen LogP contribution in [0.5, 0.6) is 0 Å². The van der Waals surface area contributed by atoms with E-state index in [0.29, 0.717) is 0 Å². The number of alkyl halides is 1. The van der Waals surface area contributed by atoms with Crippen LogP contribution in [0.25, 0.3) is 0 Å². The number of hydrogen-bond donors (Lipinski definition) is 0. The molecule has 1 aromatic heterocycles. The summed E-state index contributed by atoms with van der Waals surface area (Å²) >= 11 is 7.11. The molecule has 72 valence electrons. The van der Waals surface area contributed by atoms with Crippen molar-refractivity contribution in [2.45, 2.75) is 13.0 Å². The summed E-state index contributed by atoms with van der Waals surface area (Å²) < 4.78 is 0. The van der Waals surface area contributed by atoms with Crippen molar-refractivity contribution < 1.29 is 4.79 Å². The molecular weight excluding hydrogens is 206 g/mol. The van der Waals surface area contributed by atoms with E-state index in [1.54, 1.807) is 23.3 Å². The van der Waals surface area contributed by atoms with Crippen LogP contribution in [0.15, 0.2) is 17.5 Å². The molecule has 1 rings (SSSR count). The average Bonchev–Trinajstić information content (AvgIpc) is 2.67. The maximum absolute atomic E-state index is 11.2. The van der Waals surface area contributed by atoms with E-state index in [1.807, 2.05) is 24.4 Å². The minimum absolute atomic E-state index is 0.0393. The third-order valence-corrected chi connectivity index (χ3v) is 3.31. The van der Waals surface area contributed by atoms with Crippen LogP contribution in [0.3, 0.4) is 0 Å². The molecule has 0 saturated carbocycles. The van der Waals surface area contributed by atoms with Crippen LogP contribution in [0.1, 0.15) is 17.8 Å². The summed E-state index contributed by atoms with van der Waals surface area (Å²) in [6, 6.07) is 4.12. The second-order valence-electron chi connectivity index (χ2n) is 2.83. The van der Waals surface area contributed by atoms with E-state index < -0.39 is 0 Å². The predicted octanol–water partition coefficient (Wildman–Crippen LogP) is 2.51. The molecule has 0 saturated heterocycles. The van der Waals surface area contributed by atoms with Crippen molar-refractivity contribution in [1.82, 2.24) is 4.90 Å². The first-order valence-electron chi connectivity index (χ1n) is 4.02. The highest BCUT2D eigenvalue weighted by molar-refractivity contribution is 7.10. The van der Waals surface area contributed by atoms with Gasteiger partial charge in [-0.2, -0.15) is 0 Å². The lowest BCUT2D eigenvalue weighted by Crippen LogP contribution is -2.30. The lowest BCUT2D eigenvalue weighted by molar-refractivity contribution is -0.129. The summed E-state index contributed by atoms with van der Waals surface area (Å²) in [5, 5.41) is 2.00. The molecule has 0 bridgehead atoms. The van der Waals surface area contributed by atoms with Gasteiger partial charge >= 0.3 is 0 Å².